The highest BCUT2D eigenvalue weighted by Crippen LogP contribution is 2.31. The second-order valence-corrected chi connectivity index (χ2v) is 5.96. The molecule has 2 amide bonds. The third kappa shape index (κ3) is 3.00. The third-order valence-electron chi connectivity index (χ3n) is 4.46. The minimum atomic E-state index is -1.00. The molecule has 2 aromatic rings. The molecule has 0 saturated carbocycles. The Morgan fingerprint density at radius 2 is 2.08 bits per heavy atom. The van der Waals surface area contributed by atoms with E-state index in [1.165, 1.54) is 18.1 Å². The van der Waals surface area contributed by atoms with Gasteiger partial charge in [0, 0.05) is 20.7 Å². The molecule has 1 aliphatic rings. The molecule has 1 N–H and O–H groups in total. The lowest BCUT2D eigenvalue weighted by molar-refractivity contribution is -0.133. The van der Waals surface area contributed by atoms with Crippen LogP contribution in [0.15, 0.2) is 36.5 Å². The number of carbonyl (C=O) groups excluding carboxylic acids is 2. The molecule has 0 bridgehead atoms. The molecule has 132 valence electrons. The highest BCUT2D eigenvalue weighted by Gasteiger charge is 2.50. The van der Waals surface area contributed by atoms with Crippen LogP contribution in [0, 0.1) is 0 Å². The van der Waals surface area contributed by atoms with Gasteiger partial charge in [0.2, 0.25) is 5.91 Å². The lowest BCUT2D eigenvalue weighted by Gasteiger charge is -2.35. The molecule has 1 unspecified atom stereocenters. The summed E-state index contributed by atoms with van der Waals surface area (Å²) in [6.07, 6.45) is 2.71. The van der Waals surface area contributed by atoms with Crippen LogP contribution in [0.4, 0.5) is 0 Å². The number of nitrogens with zero attached hydrogens (tertiary/aromatic N) is 4. The largest absolute Gasteiger partial charge is 0.382 e. The fraction of sp³-hybridized carbons (Fsp3) is 0.412. The number of hydrogen-bond acceptors (Lipinski definition) is 5. The smallest absolute Gasteiger partial charge is 0.277 e. The molecule has 1 saturated heterocycles. The first kappa shape index (κ1) is 17.1. The van der Waals surface area contributed by atoms with E-state index in [1.807, 2.05) is 30.3 Å². The van der Waals surface area contributed by atoms with Crippen molar-refractivity contribution in [2.24, 2.45) is 0 Å². The fourth-order valence-corrected chi connectivity index (χ4v) is 3.28. The Kier molecular flexibility index (Phi) is 4.80. The van der Waals surface area contributed by atoms with Crippen molar-refractivity contribution in [1.82, 2.24) is 25.2 Å². The summed E-state index contributed by atoms with van der Waals surface area (Å²) in [5, 5.41) is 11.1. The van der Waals surface area contributed by atoms with Gasteiger partial charge in [0.1, 0.15) is 5.54 Å². The molecule has 3 rings (SSSR count). The number of hydrogen-bond donors (Lipinski definition) is 1. The van der Waals surface area contributed by atoms with Crippen molar-refractivity contribution in [2.75, 3.05) is 27.3 Å². The maximum absolute atomic E-state index is 13.0. The Labute approximate surface area is 145 Å². The minimum absolute atomic E-state index is 0.144. The highest BCUT2D eigenvalue weighted by atomic mass is 16.5. The molecule has 1 aromatic heterocycles. The summed E-state index contributed by atoms with van der Waals surface area (Å²) in [5.74, 6) is -0.545. The number of methoxy groups -OCH3 is 1. The van der Waals surface area contributed by atoms with E-state index in [0.717, 1.165) is 12.1 Å². The molecular weight excluding hydrogens is 322 g/mol. The van der Waals surface area contributed by atoms with E-state index >= 15 is 0 Å². The molecule has 25 heavy (non-hydrogen) atoms. The number of likely N-dealkylation sites (tertiary alicyclic amines) is 1. The fourth-order valence-electron chi connectivity index (χ4n) is 3.28. The van der Waals surface area contributed by atoms with Crippen LogP contribution in [0.2, 0.25) is 0 Å². The summed E-state index contributed by atoms with van der Waals surface area (Å²) in [7, 11) is 3.09. The number of aromatic nitrogens is 3. The SMILES string of the molecule is CNC(=O)C1(COC)CCCN1C(=O)c1cnn(-c2ccccc2)n1. The second kappa shape index (κ2) is 7.02. The molecule has 0 spiro atoms. The van der Waals surface area contributed by atoms with Gasteiger partial charge in [0.05, 0.1) is 18.5 Å². The minimum Gasteiger partial charge on any atom is -0.382 e. The van der Waals surface area contributed by atoms with E-state index in [2.05, 4.69) is 15.5 Å². The quantitative estimate of drug-likeness (QED) is 0.860. The van der Waals surface area contributed by atoms with Crippen molar-refractivity contribution in [3.8, 4) is 5.69 Å². The number of likely N-dealkylation sites (N-methyl/N-ethyl adjacent to an activating group) is 1. The predicted molar refractivity (Wildman–Crippen MR) is 90.3 cm³/mol. The van der Waals surface area contributed by atoms with Crippen LogP contribution in [0.3, 0.4) is 0 Å². The van der Waals surface area contributed by atoms with Crippen LogP contribution >= 0.6 is 0 Å². The zero-order valence-corrected chi connectivity index (χ0v) is 14.3. The first-order valence-electron chi connectivity index (χ1n) is 8.13. The number of carbonyl (C=O) groups is 2. The summed E-state index contributed by atoms with van der Waals surface area (Å²) < 4.78 is 5.25. The maximum Gasteiger partial charge on any atom is 0.277 e. The second-order valence-electron chi connectivity index (χ2n) is 5.96. The Morgan fingerprint density at radius 1 is 1.32 bits per heavy atom. The molecule has 1 atom stereocenters. The Balaban J connectivity index is 1.89. The maximum atomic E-state index is 13.0. The number of amides is 2. The third-order valence-corrected chi connectivity index (χ3v) is 4.46. The lowest BCUT2D eigenvalue weighted by atomic mass is 9.95. The predicted octanol–water partition coefficient (Wildman–Crippen LogP) is 0.634. The zero-order valence-electron chi connectivity index (χ0n) is 14.3. The van der Waals surface area contributed by atoms with Crippen LogP contribution in [-0.2, 0) is 9.53 Å². The average molecular weight is 343 g/mol. The monoisotopic (exact) mass is 343 g/mol. The molecule has 0 radical (unpaired) electrons. The van der Waals surface area contributed by atoms with Gasteiger partial charge < -0.3 is 15.0 Å². The normalized spacial score (nSPS) is 19.8. The molecule has 1 aromatic carbocycles. The van der Waals surface area contributed by atoms with Gasteiger partial charge in [-0.05, 0) is 25.0 Å². The number of nitrogens with one attached hydrogen (secondary N) is 1. The van der Waals surface area contributed by atoms with Crippen molar-refractivity contribution in [3.05, 3.63) is 42.2 Å². The number of benzene rings is 1. The molecule has 8 nitrogen and oxygen atoms in total. The van der Waals surface area contributed by atoms with E-state index < -0.39 is 5.54 Å². The van der Waals surface area contributed by atoms with Crippen LogP contribution in [-0.4, -0.2) is 64.6 Å². The average Bonchev–Trinajstić information content (AvgIpc) is 3.29. The van der Waals surface area contributed by atoms with E-state index in [0.29, 0.717) is 13.0 Å². The Morgan fingerprint density at radius 3 is 2.76 bits per heavy atom. The Bertz CT molecular complexity index is 761. The summed E-state index contributed by atoms with van der Waals surface area (Å²) in [4.78, 5) is 28.4. The topological polar surface area (TPSA) is 89.4 Å². The summed E-state index contributed by atoms with van der Waals surface area (Å²) in [6, 6.07) is 9.34. The number of rotatable bonds is 5. The molecule has 1 fully saturated rings. The van der Waals surface area contributed by atoms with E-state index in [1.54, 1.807) is 11.9 Å². The van der Waals surface area contributed by atoms with Gasteiger partial charge in [-0.3, -0.25) is 9.59 Å². The first-order chi connectivity index (χ1) is 12.1. The van der Waals surface area contributed by atoms with Gasteiger partial charge in [-0.25, -0.2) is 0 Å². The summed E-state index contributed by atoms with van der Waals surface area (Å²) >= 11 is 0. The molecule has 8 heteroatoms. The van der Waals surface area contributed by atoms with Crippen LogP contribution in [0.25, 0.3) is 5.69 Å². The van der Waals surface area contributed by atoms with Gasteiger partial charge >= 0.3 is 0 Å². The first-order valence-corrected chi connectivity index (χ1v) is 8.13. The van der Waals surface area contributed by atoms with Gasteiger partial charge in [0.25, 0.3) is 5.91 Å². The van der Waals surface area contributed by atoms with E-state index in [4.69, 9.17) is 4.74 Å². The summed E-state index contributed by atoms with van der Waals surface area (Å²) in [5.41, 5.74) is -0.0375. The standard InChI is InChI=1S/C17H21N5O3/c1-18-16(24)17(12-25-2)9-6-10-21(17)15(23)14-11-19-22(20-14)13-7-4-3-5-8-13/h3-5,7-8,11H,6,9-10,12H2,1-2H3,(H,18,24). The van der Waals surface area contributed by atoms with Crippen LogP contribution < -0.4 is 5.32 Å². The molecule has 2 heterocycles. The lowest BCUT2D eigenvalue weighted by Crippen LogP contribution is -2.59. The van der Waals surface area contributed by atoms with Gasteiger partial charge in [-0.2, -0.15) is 9.90 Å². The Hall–Kier alpha value is -2.74. The van der Waals surface area contributed by atoms with Gasteiger partial charge in [-0.1, -0.05) is 18.2 Å². The van der Waals surface area contributed by atoms with E-state index in [-0.39, 0.29) is 24.1 Å². The van der Waals surface area contributed by atoms with Crippen molar-refractivity contribution in [3.63, 3.8) is 0 Å². The number of ether oxygens (including phenoxy) is 1. The molecule has 0 aliphatic carbocycles. The van der Waals surface area contributed by atoms with Gasteiger partial charge in [0.15, 0.2) is 5.69 Å². The van der Waals surface area contributed by atoms with Crippen molar-refractivity contribution < 1.29 is 14.3 Å². The van der Waals surface area contributed by atoms with Gasteiger partial charge in [-0.15, -0.1) is 5.10 Å². The van der Waals surface area contributed by atoms with Crippen LogP contribution in [0.1, 0.15) is 23.3 Å². The molecule has 1 aliphatic heterocycles. The van der Waals surface area contributed by atoms with E-state index in [9.17, 15) is 9.59 Å². The van der Waals surface area contributed by atoms with Crippen molar-refractivity contribution >= 4 is 11.8 Å². The number of para-hydroxylation sites is 1. The van der Waals surface area contributed by atoms with Crippen molar-refractivity contribution in [1.29, 1.82) is 0 Å². The van der Waals surface area contributed by atoms with Crippen LogP contribution in [0.5, 0.6) is 0 Å². The van der Waals surface area contributed by atoms with Crippen molar-refractivity contribution in [2.45, 2.75) is 18.4 Å². The molecular formula is C17H21N5O3. The zero-order chi connectivity index (χ0) is 17.9. The highest BCUT2D eigenvalue weighted by molar-refractivity contribution is 5.98. The summed E-state index contributed by atoms with van der Waals surface area (Å²) in [6.45, 7) is 0.624.